The fraction of sp³-hybridized carbons (Fsp3) is 0.368. The van der Waals surface area contributed by atoms with Gasteiger partial charge in [0.1, 0.15) is 0 Å². The van der Waals surface area contributed by atoms with Crippen LogP contribution in [0.25, 0.3) is 0 Å². The van der Waals surface area contributed by atoms with E-state index >= 15 is 0 Å². The predicted octanol–water partition coefficient (Wildman–Crippen LogP) is 3.14. The zero-order chi connectivity index (χ0) is 20.0. The topological polar surface area (TPSA) is 92.3 Å². The van der Waals surface area contributed by atoms with Crippen molar-refractivity contribution in [1.82, 2.24) is 9.44 Å². The van der Waals surface area contributed by atoms with Gasteiger partial charge in [0.15, 0.2) is 0 Å². The van der Waals surface area contributed by atoms with Crippen molar-refractivity contribution in [2.24, 2.45) is 0 Å². The van der Waals surface area contributed by atoms with Crippen LogP contribution >= 0.6 is 11.6 Å². The number of nitrogens with one attached hydrogen (secondary N) is 2. The van der Waals surface area contributed by atoms with Crippen LogP contribution in [-0.4, -0.2) is 22.9 Å². The summed E-state index contributed by atoms with van der Waals surface area (Å²) in [5.41, 5.74) is 0.223. The predicted molar refractivity (Wildman–Crippen MR) is 107 cm³/mol. The first-order valence-electron chi connectivity index (χ1n) is 9.13. The highest BCUT2D eigenvalue weighted by atomic mass is 35.5. The van der Waals surface area contributed by atoms with Crippen LogP contribution in [0.1, 0.15) is 37.7 Å². The van der Waals surface area contributed by atoms with Crippen molar-refractivity contribution in [3.63, 3.8) is 0 Å². The number of hydrogen-bond acceptors (Lipinski definition) is 4. The smallest absolute Gasteiger partial charge is 0.208 e. The molecule has 0 saturated heterocycles. The molecule has 2 N–H and O–H groups in total. The van der Waals surface area contributed by atoms with E-state index in [-0.39, 0.29) is 15.8 Å². The van der Waals surface area contributed by atoms with Crippen LogP contribution in [0.2, 0.25) is 5.02 Å². The number of halogens is 1. The quantitative estimate of drug-likeness (QED) is 0.691. The Hall–Kier alpha value is -1.45. The van der Waals surface area contributed by atoms with Crippen molar-refractivity contribution in [2.45, 2.75) is 53.5 Å². The Morgan fingerprint density at radius 3 is 1.82 bits per heavy atom. The molecule has 0 amide bonds. The number of benzene rings is 2. The third-order valence-electron chi connectivity index (χ3n) is 5.28. The molecule has 2 aliphatic rings. The van der Waals surface area contributed by atoms with Crippen LogP contribution in [0, 0.1) is 0 Å². The van der Waals surface area contributed by atoms with Crippen molar-refractivity contribution >= 4 is 31.6 Å². The maximum Gasteiger partial charge on any atom is 0.241 e. The van der Waals surface area contributed by atoms with Gasteiger partial charge in [0, 0.05) is 11.1 Å². The first-order chi connectivity index (χ1) is 13.2. The van der Waals surface area contributed by atoms with Crippen LogP contribution in [0.5, 0.6) is 0 Å². The maximum absolute atomic E-state index is 12.9. The van der Waals surface area contributed by atoms with Gasteiger partial charge < -0.3 is 0 Å². The van der Waals surface area contributed by atoms with E-state index in [1.165, 1.54) is 24.3 Å². The van der Waals surface area contributed by atoms with E-state index in [2.05, 4.69) is 9.44 Å². The van der Waals surface area contributed by atoms with Gasteiger partial charge in [-0.25, -0.2) is 26.3 Å². The molecule has 6 nitrogen and oxygen atoms in total. The molecule has 2 aliphatic carbocycles. The Balaban J connectivity index is 1.57. The molecule has 0 bridgehead atoms. The zero-order valence-corrected chi connectivity index (χ0v) is 17.4. The number of sulfonamides is 2. The molecular formula is C19H21ClN2O4S2. The number of hydrogen-bond donors (Lipinski definition) is 2. The summed E-state index contributed by atoms with van der Waals surface area (Å²) in [5.74, 6) is 0. The van der Waals surface area contributed by atoms with E-state index in [9.17, 15) is 16.8 Å². The van der Waals surface area contributed by atoms with Gasteiger partial charge in [-0.15, -0.1) is 0 Å². The Morgan fingerprint density at radius 2 is 1.36 bits per heavy atom. The van der Waals surface area contributed by atoms with Gasteiger partial charge in [-0.2, -0.15) is 0 Å². The second-order valence-electron chi connectivity index (χ2n) is 7.42. The Bertz CT molecular complexity index is 1070. The SMILES string of the molecule is O=S(=O)(NC1CC1)c1ccc(S(=O)(=O)NC2(c3ccc(Cl)cc3)CCC2)cc1. The van der Waals surface area contributed by atoms with Crippen LogP contribution in [0.3, 0.4) is 0 Å². The van der Waals surface area contributed by atoms with Crippen molar-refractivity contribution in [2.75, 3.05) is 0 Å². The first kappa shape index (κ1) is 19.8. The van der Waals surface area contributed by atoms with E-state index < -0.39 is 25.6 Å². The molecule has 0 heterocycles. The molecule has 0 atom stereocenters. The summed E-state index contributed by atoms with van der Waals surface area (Å²) in [6, 6.07) is 12.5. The molecule has 2 fully saturated rings. The summed E-state index contributed by atoms with van der Waals surface area (Å²) in [6.07, 6.45) is 4.00. The summed E-state index contributed by atoms with van der Waals surface area (Å²) in [6.45, 7) is 0. The molecule has 2 aromatic rings. The summed E-state index contributed by atoms with van der Waals surface area (Å²) in [7, 11) is -7.42. The molecule has 4 rings (SSSR count). The lowest BCUT2D eigenvalue weighted by molar-refractivity contribution is 0.224. The van der Waals surface area contributed by atoms with Crippen LogP contribution in [0.4, 0.5) is 0 Å². The minimum absolute atomic E-state index is 0.00655. The second-order valence-corrected chi connectivity index (χ2v) is 11.2. The van der Waals surface area contributed by atoms with Gasteiger partial charge in [0.2, 0.25) is 20.0 Å². The summed E-state index contributed by atoms with van der Waals surface area (Å²) < 4.78 is 55.8. The van der Waals surface area contributed by atoms with E-state index in [0.717, 1.165) is 24.8 Å². The molecule has 28 heavy (non-hydrogen) atoms. The van der Waals surface area contributed by atoms with E-state index in [0.29, 0.717) is 17.9 Å². The molecule has 2 saturated carbocycles. The van der Waals surface area contributed by atoms with Gasteiger partial charge in [-0.1, -0.05) is 23.7 Å². The molecular weight excluding hydrogens is 420 g/mol. The normalized spacial score (nSPS) is 19.2. The fourth-order valence-electron chi connectivity index (χ4n) is 3.35. The monoisotopic (exact) mass is 440 g/mol. The molecule has 2 aromatic carbocycles. The highest BCUT2D eigenvalue weighted by Gasteiger charge is 2.42. The molecule has 0 spiro atoms. The molecule has 0 aromatic heterocycles. The maximum atomic E-state index is 12.9. The average molecular weight is 441 g/mol. The lowest BCUT2D eigenvalue weighted by Crippen LogP contribution is -2.50. The van der Waals surface area contributed by atoms with Gasteiger partial charge in [-0.3, -0.25) is 0 Å². The summed E-state index contributed by atoms with van der Waals surface area (Å²) in [4.78, 5) is 0.104. The van der Waals surface area contributed by atoms with Gasteiger partial charge in [-0.05, 0) is 74.1 Å². The van der Waals surface area contributed by atoms with Crippen LogP contribution < -0.4 is 9.44 Å². The van der Waals surface area contributed by atoms with Crippen molar-refractivity contribution in [1.29, 1.82) is 0 Å². The molecule has 0 radical (unpaired) electrons. The molecule has 0 aliphatic heterocycles. The van der Waals surface area contributed by atoms with Crippen molar-refractivity contribution in [3.05, 3.63) is 59.1 Å². The third-order valence-corrected chi connectivity index (χ3v) is 8.62. The minimum Gasteiger partial charge on any atom is -0.208 e. The van der Waals surface area contributed by atoms with Crippen molar-refractivity contribution < 1.29 is 16.8 Å². The molecule has 0 unspecified atom stereocenters. The second kappa shape index (κ2) is 7.11. The van der Waals surface area contributed by atoms with E-state index in [4.69, 9.17) is 11.6 Å². The highest BCUT2D eigenvalue weighted by molar-refractivity contribution is 7.90. The van der Waals surface area contributed by atoms with Crippen molar-refractivity contribution in [3.8, 4) is 0 Å². The zero-order valence-electron chi connectivity index (χ0n) is 15.1. The van der Waals surface area contributed by atoms with Gasteiger partial charge >= 0.3 is 0 Å². The molecule has 150 valence electrons. The van der Waals surface area contributed by atoms with Gasteiger partial charge in [0.25, 0.3) is 0 Å². The third kappa shape index (κ3) is 3.97. The highest BCUT2D eigenvalue weighted by Crippen LogP contribution is 2.42. The standard InChI is InChI=1S/C19H21ClN2O4S2/c20-15-4-2-14(3-5-15)19(12-1-13-19)22-28(25,26)18-10-8-17(9-11-18)27(23,24)21-16-6-7-16/h2-5,8-11,16,21-22H,1,6-7,12-13H2. The Morgan fingerprint density at radius 1 is 0.821 bits per heavy atom. The fourth-order valence-corrected chi connectivity index (χ4v) is 6.23. The Labute approximate surface area is 170 Å². The van der Waals surface area contributed by atoms with Gasteiger partial charge in [0.05, 0.1) is 15.3 Å². The Kier molecular flexibility index (Phi) is 5.04. The van der Waals surface area contributed by atoms with E-state index in [1.807, 2.05) is 12.1 Å². The summed E-state index contributed by atoms with van der Waals surface area (Å²) >= 11 is 5.95. The number of rotatable bonds is 7. The molecule has 9 heteroatoms. The van der Waals surface area contributed by atoms with E-state index in [1.54, 1.807) is 12.1 Å². The largest absolute Gasteiger partial charge is 0.241 e. The lowest BCUT2D eigenvalue weighted by atomic mass is 9.73. The van der Waals surface area contributed by atoms with Crippen LogP contribution in [-0.2, 0) is 25.6 Å². The summed E-state index contributed by atoms with van der Waals surface area (Å²) in [5, 5.41) is 0.595. The lowest BCUT2D eigenvalue weighted by Gasteiger charge is -2.42. The average Bonchev–Trinajstić information content (AvgIpc) is 3.42. The minimum atomic E-state index is -3.81. The first-order valence-corrected chi connectivity index (χ1v) is 12.5. The van der Waals surface area contributed by atoms with Crippen LogP contribution in [0.15, 0.2) is 58.3 Å².